The van der Waals surface area contributed by atoms with Crippen molar-refractivity contribution in [2.75, 3.05) is 6.54 Å². The number of hydrogen-bond donors (Lipinski definition) is 0. The number of rotatable bonds is 2. The molecule has 1 amide bonds. The number of ketones is 1. The van der Waals surface area contributed by atoms with Crippen LogP contribution < -0.4 is 0 Å². The van der Waals surface area contributed by atoms with E-state index >= 15 is 0 Å². The van der Waals surface area contributed by atoms with E-state index < -0.39 is 17.7 Å². The highest BCUT2D eigenvalue weighted by Gasteiger charge is 2.38. The molecule has 1 aliphatic heterocycles. The highest BCUT2D eigenvalue weighted by molar-refractivity contribution is 9.10. The van der Waals surface area contributed by atoms with Crippen LogP contribution in [0.1, 0.15) is 51.1 Å². The molecule has 0 aliphatic carbocycles. The Morgan fingerprint density at radius 2 is 2.00 bits per heavy atom. The number of amides is 1. The number of furan rings is 1. The first kappa shape index (κ1) is 17.1. The molecule has 0 N–H and O–H groups in total. The summed E-state index contributed by atoms with van der Waals surface area (Å²) in [6.07, 6.45) is 1.08. The van der Waals surface area contributed by atoms with Crippen LogP contribution in [-0.4, -0.2) is 35.0 Å². The largest absolute Gasteiger partial charge is 0.446 e. The van der Waals surface area contributed by atoms with Crippen molar-refractivity contribution >= 4 is 27.8 Å². The molecule has 0 saturated carbocycles. The number of hydrogen-bond acceptors (Lipinski definition) is 4. The molecule has 6 heteroatoms. The zero-order valence-corrected chi connectivity index (χ0v) is 15.0. The first-order chi connectivity index (χ1) is 10.2. The van der Waals surface area contributed by atoms with E-state index in [9.17, 15) is 9.59 Å². The van der Waals surface area contributed by atoms with E-state index in [1.54, 1.807) is 12.1 Å². The highest BCUT2D eigenvalue weighted by Crippen LogP contribution is 2.27. The van der Waals surface area contributed by atoms with Gasteiger partial charge in [-0.05, 0) is 67.6 Å². The predicted octanol–water partition coefficient (Wildman–Crippen LogP) is 4.26. The first-order valence-corrected chi connectivity index (χ1v) is 8.26. The molecule has 5 nitrogen and oxygen atoms in total. The minimum atomic E-state index is -0.584. The summed E-state index contributed by atoms with van der Waals surface area (Å²) in [5, 5.41) is 0. The molecule has 0 aromatic carbocycles. The van der Waals surface area contributed by atoms with Crippen LogP contribution in [0.5, 0.6) is 0 Å². The van der Waals surface area contributed by atoms with Crippen molar-refractivity contribution in [3.63, 3.8) is 0 Å². The van der Waals surface area contributed by atoms with Gasteiger partial charge in [0.25, 0.3) is 0 Å². The van der Waals surface area contributed by atoms with Crippen LogP contribution in [-0.2, 0) is 4.74 Å². The molecular formula is C16H22BrNO4. The molecule has 122 valence electrons. The SMILES string of the molecule is C[C@H]1CC[C@@H](C(=O)c2ccc(Br)o2)N(C(=O)OC(C)(C)C)C1. The van der Waals surface area contributed by atoms with Crippen molar-refractivity contribution in [1.82, 2.24) is 4.90 Å². The fourth-order valence-corrected chi connectivity index (χ4v) is 2.86. The Hall–Kier alpha value is -1.30. The Balaban J connectivity index is 2.19. The summed E-state index contributed by atoms with van der Waals surface area (Å²) in [7, 11) is 0. The summed E-state index contributed by atoms with van der Waals surface area (Å²) >= 11 is 3.19. The number of nitrogens with zero attached hydrogens (tertiary/aromatic N) is 1. The molecule has 1 fully saturated rings. The van der Waals surface area contributed by atoms with E-state index in [0.717, 1.165) is 6.42 Å². The Morgan fingerprint density at radius 1 is 1.32 bits per heavy atom. The number of Topliss-reactive ketones (excluding diaryl/α,β-unsaturated/α-hetero) is 1. The average Bonchev–Trinajstić information content (AvgIpc) is 2.82. The second-order valence-corrected chi connectivity index (χ2v) is 7.58. The third-order valence-corrected chi connectivity index (χ3v) is 3.99. The van der Waals surface area contributed by atoms with E-state index in [2.05, 4.69) is 22.9 Å². The van der Waals surface area contributed by atoms with Gasteiger partial charge in [-0.2, -0.15) is 0 Å². The van der Waals surface area contributed by atoms with Crippen molar-refractivity contribution in [2.45, 2.75) is 52.2 Å². The van der Waals surface area contributed by atoms with Gasteiger partial charge in [-0.1, -0.05) is 6.92 Å². The Bertz CT molecular complexity index is 561. The predicted molar refractivity (Wildman–Crippen MR) is 85.9 cm³/mol. The van der Waals surface area contributed by atoms with Gasteiger partial charge < -0.3 is 9.15 Å². The molecular weight excluding hydrogens is 350 g/mol. The fourth-order valence-electron chi connectivity index (χ4n) is 2.56. The maximum Gasteiger partial charge on any atom is 0.410 e. The van der Waals surface area contributed by atoms with Gasteiger partial charge in [0, 0.05) is 6.54 Å². The minimum Gasteiger partial charge on any atom is -0.446 e. The number of likely N-dealkylation sites (tertiary alicyclic amines) is 1. The molecule has 0 spiro atoms. The van der Waals surface area contributed by atoms with E-state index in [1.807, 2.05) is 20.8 Å². The summed E-state index contributed by atoms with van der Waals surface area (Å²) in [4.78, 5) is 26.6. The van der Waals surface area contributed by atoms with Crippen molar-refractivity contribution in [3.8, 4) is 0 Å². The zero-order valence-electron chi connectivity index (χ0n) is 13.4. The normalized spacial score (nSPS) is 22.5. The van der Waals surface area contributed by atoms with Gasteiger partial charge in [0.2, 0.25) is 5.78 Å². The van der Waals surface area contributed by atoms with Crippen LogP contribution >= 0.6 is 15.9 Å². The van der Waals surface area contributed by atoms with Crippen LogP contribution in [0, 0.1) is 5.92 Å². The Kier molecular flexibility index (Phi) is 5.00. The van der Waals surface area contributed by atoms with Crippen molar-refractivity contribution in [2.24, 2.45) is 5.92 Å². The van der Waals surface area contributed by atoms with Crippen LogP contribution in [0.15, 0.2) is 21.2 Å². The molecule has 2 heterocycles. The molecule has 1 saturated heterocycles. The highest BCUT2D eigenvalue weighted by atomic mass is 79.9. The van der Waals surface area contributed by atoms with Crippen LogP contribution in [0.2, 0.25) is 0 Å². The first-order valence-electron chi connectivity index (χ1n) is 7.46. The van der Waals surface area contributed by atoms with Gasteiger partial charge in [-0.3, -0.25) is 9.69 Å². The lowest BCUT2D eigenvalue weighted by molar-refractivity contribution is 0.00478. The van der Waals surface area contributed by atoms with E-state index in [0.29, 0.717) is 23.6 Å². The Labute approximate surface area is 139 Å². The second kappa shape index (κ2) is 6.44. The van der Waals surface area contributed by atoms with Gasteiger partial charge in [0.1, 0.15) is 11.6 Å². The fraction of sp³-hybridized carbons (Fsp3) is 0.625. The van der Waals surface area contributed by atoms with Gasteiger partial charge in [-0.25, -0.2) is 4.79 Å². The number of ether oxygens (including phenoxy) is 1. The maximum atomic E-state index is 12.6. The lowest BCUT2D eigenvalue weighted by atomic mass is 9.91. The molecule has 0 radical (unpaired) electrons. The van der Waals surface area contributed by atoms with Gasteiger partial charge in [0.15, 0.2) is 10.4 Å². The second-order valence-electron chi connectivity index (χ2n) is 6.80. The maximum absolute atomic E-state index is 12.6. The lowest BCUT2D eigenvalue weighted by Gasteiger charge is -2.38. The summed E-state index contributed by atoms with van der Waals surface area (Å²) in [6.45, 7) is 8.05. The number of carbonyl (C=O) groups excluding carboxylic acids is 2. The average molecular weight is 372 g/mol. The number of piperidine rings is 1. The van der Waals surface area contributed by atoms with Crippen molar-refractivity contribution < 1.29 is 18.7 Å². The molecule has 1 aromatic heterocycles. The minimum absolute atomic E-state index is 0.177. The summed E-state index contributed by atoms with van der Waals surface area (Å²) in [5.74, 6) is 0.434. The van der Waals surface area contributed by atoms with Gasteiger partial charge in [0.05, 0.1) is 0 Å². The lowest BCUT2D eigenvalue weighted by Crippen LogP contribution is -2.51. The molecule has 2 atom stereocenters. The van der Waals surface area contributed by atoms with Crippen molar-refractivity contribution in [1.29, 1.82) is 0 Å². The van der Waals surface area contributed by atoms with E-state index in [1.165, 1.54) is 4.90 Å². The third-order valence-electron chi connectivity index (χ3n) is 3.56. The summed E-state index contributed by atoms with van der Waals surface area (Å²) in [6, 6.07) is 2.78. The van der Waals surface area contributed by atoms with E-state index in [-0.39, 0.29) is 11.5 Å². The topological polar surface area (TPSA) is 59.8 Å². The quantitative estimate of drug-likeness (QED) is 0.728. The number of carbonyl (C=O) groups is 2. The molecule has 0 bridgehead atoms. The van der Waals surface area contributed by atoms with Crippen LogP contribution in [0.4, 0.5) is 4.79 Å². The summed E-state index contributed by atoms with van der Waals surface area (Å²) < 4.78 is 11.3. The zero-order chi connectivity index (χ0) is 16.5. The molecule has 2 rings (SSSR count). The van der Waals surface area contributed by atoms with Gasteiger partial charge in [-0.15, -0.1) is 0 Å². The number of halogens is 1. The van der Waals surface area contributed by atoms with Crippen LogP contribution in [0.25, 0.3) is 0 Å². The molecule has 0 unspecified atom stereocenters. The monoisotopic (exact) mass is 371 g/mol. The molecule has 22 heavy (non-hydrogen) atoms. The summed E-state index contributed by atoms with van der Waals surface area (Å²) in [5.41, 5.74) is -0.584. The standard InChI is InChI=1S/C16H22BrNO4/c1-10-5-6-11(14(19)12-7-8-13(17)21-12)18(9-10)15(20)22-16(2,3)4/h7-8,10-11H,5-6,9H2,1-4H3/t10-,11-/m0/s1. The molecule has 1 aromatic rings. The molecule has 1 aliphatic rings. The van der Waals surface area contributed by atoms with Crippen LogP contribution in [0.3, 0.4) is 0 Å². The third kappa shape index (κ3) is 4.12. The smallest absolute Gasteiger partial charge is 0.410 e. The Morgan fingerprint density at radius 3 is 2.55 bits per heavy atom. The van der Waals surface area contributed by atoms with Gasteiger partial charge >= 0.3 is 6.09 Å². The van der Waals surface area contributed by atoms with E-state index in [4.69, 9.17) is 9.15 Å². The van der Waals surface area contributed by atoms with Crippen molar-refractivity contribution in [3.05, 3.63) is 22.6 Å².